The number of hydrogen-bond acceptors (Lipinski definition) is 7. The quantitative estimate of drug-likeness (QED) is 0.312. The molecule has 1 heterocycles. The van der Waals surface area contributed by atoms with E-state index in [1.165, 1.54) is 7.11 Å². The molecule has 184 valence electrons. The number of nitrogens with zero attached hydrogens (tertiary/aromatic N) is 1. The van der Waals surface area contributed by atoms with Crippen LogP contribution in [0, 0.1) is 0 Å². The number of ether oxygens (including phenoxy) is 3. The lowest BCUT2D eigenvalue weighted by atomic mass is 10.2. The lowest BCUT2D eigenvalue weighted by Gasteiger charge is -2.14. The molecule has 1 saturated heterocycles. The lowest BCUT2D eigenvalue weighted by molar-refractivity contribution is -0.127. The molecule has 4 rings (SSSR count). The summed E-state index contributed by atoms with van der Waals surface area (Å²) in [5, 5.41) is 2.16. The van der Waals surface area contributed by atoms with Crippen LogP contribution in [0.25, 0.3) is 6.08 Å². The summed E-state index contributed by atoms with van der Waals surface area (Å²) in [4.78, 5) is 39.1. The first-order valence-corrected chi connectivity index (χ1v) is 11.9. The van der Waals surface area contributed by atoms with Crippen LogP contribution >= 0.6 is 11.8 Å². The maximum atomic E-state index is 12.9. The number of carbonyl (C=O) groups excluding carboxylic acids is 3. The van der Waals surface area contributed by atoms with Crippen molar-refractivity contribution in [2.45, 2.75) is 0 Å². The van der Waals surface area contributed by atoms with Crippen LogP contribution in [0.2, 0.25) is 0 Å². The Labute approximate surface area is 212 Å². The van der Waals surface area contributed by atoms with Crippen LogP contribution < -0.4 is 19.5 Å². The van der Waals surface area contributed by atoms with Gasteiger partial charge in [0.25, 0.3) is 11.1 Å². The molecule has 1 aliphatic heterocycles. The first-order valence-electron chi connectivity index (χ1n) is 11.1. The summed E-state index contributed by atoms with van der Waals surface area (Å²) in [5.74, 6) is 0.728. The van der Waals surface area contributed by atoms with Gasteiger partial charge < -0.3 is 19.5 Å². The molecule has 0 aliphatic carbocycles. The molecule has 0 aromatic heterocycles. The molecule has 1 fully saturated rings. The molecule has 0 spiro atoms. The summed E-state index contributed by atoms with van der Waals surface area (Å²) in [6, 6.07) is 23.5. The molecule has 36 heavy (non-hydrogen) atoms. The number of anilines is 1. The molecule has 0 radical (unpaired) electrons. The summed E-state index contributed by atoms with van der Waals surface area (Å²) < 4.78 is 16.7. The van der Waals surface area contributed by atoms with Gasteiger partial charge in [-0.25, -0.2) is 0 Å². The highest BCUT2D eigenvalue weighted by Gasteiger charge is 2.36. The largest absolute Gasteiger partial charge is 0.495 e. The standard InChI is InChI=1S/C27H24N2O6S/c1-33-23-14-8-6-12-21(23)28-25(30)18-29-26(31)24(36-27(29)32)17-19-9-5-7-13-22(19)35-16-15-34-20-10-3-2-4-11-20/h2-14,17H,15-16,18H2,1H3,(H,28,30)/b24-17+. The van der Waals surface area contributed by atoms with Crippen LogP contribution in [0.5, 0.6) is 17.2 Å². The van der Waals surface area contributed by atoms with Crippen LogP contribution in [0.15, 0.2) is 83.8 Å². The Morgan fingerprint density at radius 2 is 1.56 bits per heavy atom. The minimum absolute atomic E-state index is 0.210. The zero-order valence-electron chi connectivity index (χ0n) is 19.5. The molecule has 3 aromatic carbocycles. The van der Waals surface area contributed by atoms with Crippen LogP contribution in [-0.4, -0.2) is 48.8 Å². The van der Waals surface area contributed by atoms with Crippen LogP contribution in [-0.2, 0) is 9.59 Å². The first kappa shape index (κ1) is 24.9. The summed E-state index contributed by atoms with van der Waals surface area (Å²) in [5.41, 5.74) is 1.09. The van der Waals surface area contributed by atoms with Gasteiger partial charge in [-0.05, 0) is 48.2 Å². The maximum absolute atomic E-state index is 12.9. The molecule has 1 N–H and O–H groups in total. The van der Waals surface area contributed by atoms with Crippen LogP contribution in [0.4, 0.5) is 10.5 Å². The van der Waals surface area contributed by atoms with E-state index in [1.807, 2.05) is 42.5 Å². The van der Waals surface area contributed by atoms with Gasteiger partial charge in [-0.15, -0.1) is 0 Å². The number of para-hydroxylation sites is 4. The number of rotatable bonds is 10. The van der Waals surface area contributed by atoms with E-state index >= 15 is 0 Å². The normalized spacial score (nSPS) is 14.1. The van der Waals surface area contributed by atoms with Crippen molar-refractivity contribution < 1.29 is 28.6 Å². The van der Waals surface area contributed by atoms with E-state index in [-0.39, 0.29) is 4.91 Å². The second-order valence-electron chi connectivity index (χ2n) is 7.56. The van der Waals surface area contributed by atoms with Crippen molar-refractivity contribution in [3.8, 4) is 17.2 Å². The summed E-state index contributed by atoms with van der Waals surface area (Å²) in [6.45, 7) is 0.232. The second kappa shape index (κ2) is 11.9. The third-order valence-electron chi connectivity index (χ3n) is 5.11. The maximum Gasteiger partial charge on any atom is 0.294 e. The number of imide groups is 1. The van der Waals surface area contributed by atoms with Gasteiger partial charge in [0.2, 0.25) is 5.91 Å². The van der Waals surface area contributed by atoms with Crippen molar-refractivity contribution in [3.63, 3.8) is 0 Å². The van der Waals surface area contributed by atoms with E-state index in [0.29, 0.717) is 36.0 Å². The number of benzene rings is 3. The van der Waals surface area contributed by atoms with E-state index in [9.17, 15) is 14.4 Å². The van der Waals surface area contributed by atoms with Gasteiger partial charge in [0.05, 0.1) is 17.7 Å². The van der Waals surface area contributed by atoms with Gasteiger partial charge in [0, 0.05) is 5.56 Å². The first-order chi connectivity index (χ1) is 17.5. The fourth-order valence-electron chi connectivity index (χ4n) is 3.42. The highest BCUT2D eigenvalue weighted by molar-refractivity contribution is 8.18. The van der Waals surface area contributed by atoms with Crippen molar-refractivity contribution in [2.24, 2.45) is 0 Å². The van der Waals surface area contributed by atoms with Gasteiger partial charge in [0.1, 0.15) is 37.0 Å². The Kier molecular flexibility index (Phi) is 8.25. The number of carbonyl (C=O) groups is 3. The Morgan fingerprint density at radius 3 is 2.33 bits per heavy atom. The fourth-order valence-corrected chi connectivity index (χ4v) is 4.25. The van der Waals surface area contributed by atoms with Crippen molar-refractivity contribution >= 4 is 40.6 Å². The van der Waals surface area contributed by atoms with Gasteiger partial charge in [-0.3, -0.25) is 19.3 Å². The van der Waals surface area contributed by atoms with E-state index in [0.717, 1.165) is 22.4 Å². The van der Waals surface area contributed by atoms with Crippen LogP contribution in [0.3, 0.4) is 0 Å². The summed E-state index contributed by atoms with van der Waals surface area (Å²) >= 11 is 0.781. The third kappa shape index (κ3) is 6.25. The van der Waals surface area contributed by atoms with Gasteiger partial charge in [-0.1, -0.05) is 48.5 Å². The SMILES string of the molecule is COc1ccccc1NC(=O)CN1C(=O)S/C(=C/c2ccccc2OCCOc2ccccc2)C1=O. The molecule has 3 aromatic rings. The minimum Gasteiger partial charge on any atom is -0.495 e. The Bertz CT molecular complexity index is 1280. The van der Waals surface area contributed by atoms with Crippen molar-refractivity contribution in [2.75, 3.05) is 32.2 Å². The van der Waals surface area contributed by atoms with Crippen molar-refractivity contribution in [1.82, 2.24) is 4.90 Å². The lowest BCUT2D eigenvalue weighted by Crippen LogP contribution is -2.36. The monoisotopic (exact) mass is 504 g/mol. The minimum atomic E-state index is -0.539. The van der Waals surface area contributed by atoms with Crippen molar-refractivity contribution in [3.05, 3.63) is 89.3 Å². The van der Waals surface area contributed by atoms with Gasteiger partial charge in [0.15, 0.2) is 0 Å². The smallest absolute Gasteiger partial charge is 0.294 e. The number of hydrogen-bond donors (Lipinski definition) is 1. The number of nitrogens with one attached hydrogen (secondary N) is 1. The predicted octanol–water partition coefficient (Wildman–Crippen LogP) is 4.83. The van der Waals surface area contributed by atoms with E-state index in [4.69, 9.17) is 14.2 Å². The zero-order chi connectivity index (χ0) is 25.3. The Balaban J connectivity index is 1.38. The molecule has 3 amide bonds. The van der Waals surface area contributed by atoms with Crippen molar-refractivity contribution in [1.29, 1.82) is 0 Å². The molecule has 9 heteroatoms. The van der Waals surface area contributed by atoms with E-state index in [2.05, 4.69) is 5.32 Å². The molecular formula is C27H24N2O6S. The van der Waals surface area contributed by atoms with Gasteiger partial charge in [-0.2, -0.15) is 0 Å². The Hall–Kier alpha value is -4.24. The molecule has 0 bridgehead atoms. The molecule has 0 atom stereocenters. The molecule has 0 unspecified atom stereocenters. The highest BCUT2D eigenvalue weighted by Crippen LogP contribution is 2.34. The van der Waals surface area contributed by atoms with E-state index in [1.54, 1.807) is 42.5 Å². The topological polar surface area (TPSA) is 94.2 Å². The van der Waals surface area contributed by atoms with Gasteiger partial charge >= 0.3 is 0 Å². The molecule has 1 aliphatic rings. The summed E-state index contributed by atoms with van der Waals surface area (Å²) in [7, 11) is 1.49. The molecule has 8 nitrogen and oxygen atoms in total. The molecular weight excluding hydrogens is 480 g/mol. The zero-order valence-corrected chi connectivity index (χ0v) is 20.3. The molecule has 0 saturated carbocycles. The predicted molar refractivity (Wildman–Crippen MR) is 138 cm³/mol. The fraction of sp³-hybridized carbons (Fsp3) is 0.148. The summed E-state index contributed by atoms with van der Waals surface area (Å²) in [6.07, 6.45) is 1.59. The third-order valence-corrected chi connectivity index (χ3v) is 6.02. The Morgan fingerprint density at radius 1 is 0.889 bits per heavy atom. The highest BCUT2D eigenvalue weighted by atomic mass is 32.2. The van der Waals surface area contributed by atoms with Crippen LogP contribution in [0.1, 0.15) is 5.56 Å². The number of thioether (sulfide) groups is 1. The number of methoxy groups -OCH3 is 1. The average molecular weight is 505 g/mol. The number of amides is 3. The average Bonchev–Trinajstić information content (AvgIpc) is 3.15. The second-order valence-corrected chi connectivity index (χ2v) is 8.56. The van der Waals surface area contributed by atoms with E-state index < -0.39 is 23.6 Å².